The van der Waals surface area contributed by atoms with E-state index >= 15 is 0 Å². The molecule has 39 heavy (non-hydrogen) atoms. The first-order valence-electron chi connectivity index (χ1n) is 13.8. The van der Waals surface area contributed by atoms with Crippen molar-refractivity contribution in [2.75, 3.05) is 13.7 Å². The van der Waals surface area contributed by atoms with E-state index in [9.17, 15) is 9.90 Å². The third kappa shape index (κ3) is 7.59. The van der Waals surface area contributed by atoms with Crippen LogP contribution in [0.25, 0.3) is 0 Å². The van der Waals surface area contributed by atoms with Crippen molar-refractivity contribution in [1.29, 1.82) is 0 Å². The van der Waals surface area contributed by atoms with Gasteiger partial charge in [0.25, 0.3) is 8.32 Å². The topological polar surface area (TPSA) is 65.0 Å². The Bertz CT molecular complexity index is 1100. The van der Waals surface area contributed by atoms with Crippen molar-refractivity contribution >= 4 is 24.7 Å². The summed E-state index contributed by atoms with van der Waals surface area (Å²) in [6.45, 7) is 11.6. The molecule has 0 saturated carbocycles. The second-order valence-electron chi connectivity index (χ2n) is 11.4. The van der Waals surface area contributed by atoms with E-state index in [4.69, 9.17) is 13.9 Å². The van der Waals surface area contributed by atoms with Crippen LogP contribution in [0.4, 0.5) is 0 Å². The van der Waals surface area contributed by atoms with Gasteiger partial charge in [-0.2, -0.15) is 0 Å². The molecule has 0 aromatic heterocycles. The molecule has 0 aliphatic carbocycles. The summed E-state index contributed by atoms with van der Waals surface area (Å²) < 4.78 is 18.5. The van der Waals surface area contributed by atoms with E-state index in [0.29, 0.717) is 13.2 Å². The second kappa shape index (κ2) is 13.9. The molecule has 0 amide bonds. The fourth-order valence-electron chi connectivity index (χ4n) is 5.41. The molecule has 210 valence electrons. The van der Waals surface area contributed by atoms with E-state index in [1.807, 2.05) is 36.4 Å². The van der Waals surface area contributed by atoms with Crippen LogP contribution in [0.3, 0.4) is 0 Å². The first-order chi connectivity index (χ1) is 18.6. The van der Waals surface area contributed by atoms with E-state index in [1.165, 1.54) is 10.4 Å². The maximum absolute atomic E-state index is 11.9. The van der Waals surface area contributed by atoms with Gasteiger partial charge in [-0.3, -0.25) is 4.79 Å². The van der Waals surface area contributed by atoms with Crippen LogP contribution in [0.5, 0.6) is 5.75 Å². The molecule has 5 nitrogen and oxygen atoms in total. The van der Waals surface area contributed by atoms with Gasteiger partial charge in [-0.05, 0) is 58.8 Å². The van der Waals surface area contributed by atoms with Crippen LogP contribution in [0, 0.1) is 11.8 Å². The van der Waals surface area contributed by atoms with Crippen LogP contribution in [0.1, 0.15) is 53.0 Å². The lowest BCUT2D eigenvalue weighted by molar-refractivity contribution is -0.149. The smallest absolute Gasteiger partial charge is 0.308 e. The Balaban J connectivity index is 1.72. The Morgan fingerprint density at radius 2 is 1.41 bits per heavy atom. The molecule has 0 unspecified atom stereocenters. The lowest BCUT2D eigenvalue weighted by Gasteiger charge is -2.43. The Morgan fingerprint density at radius 3 is 1.87 bits per heavy atom. The van der Waals surface area contributed by atoms with Crippen molar-refractivity contribution < 1.29 is 23.8 Å². The standard InChI is InChI=1S/C33H44O5Si/c1-25(31(26(2)32(34)35)37-24-27-19-21-28(36-6)22-20-27)14-13-23-38-39(33(3,4)5,29-15-9-7-10-16-29)30-17-11-8-12-18-30/h7-12,15-22,25-26,31H,13-14,23-24H2,1-6H3,(H,34,35)/t25-,26+,31+/m1/s1. The number of carboxylic acids is 1. The van der Waals surface area contributed by atoms with Crippen molar-refractivity contribution in [3.05, 3.63) is 90.5 Å². The van der Waals surface area contributed by atoms with Crippen molar-refractivity contribution in [3.63, 3.8) is 0 Å². The molecular weight excluding hydrogens is 504 g/mol. The zero-order chi connectivity index (χ0) is 28.5. The summed E-state index contributed by atoms with van der Waals surface area (Å²) in [6.07, 6.45) is 1.22. The number of ether oxygens (including phenoxy) is 2. The van der Waals surface area contributed by atoms with Crippen LogP contribution in [-0.4, -0.2) is 39.2 Å². The van der Waals surface area contributed by atoms with E-state index in [2.05, 4.69) is 76.2 Å². The zero-order valence-corrected chi connectivity index (χ0v) is 25.2. The Kier molecular flexibility index (Phi) is 10.9. The molecule has 0 aliphatic rings. The van der Waals surface area contributed by atoms with Crippen LogP contribution < -0.4 is 15.1 Å². The molecule has 6 heteroatoms. The van der Waals surface area contributed by atoms with Crippen LogP contribution in [0.15, 0.2) is 84.9 Å². The van der Waals surface area contributed by atoms with Gasteiger partial charge in [0, 0.05) is 6.61 Å². The van der Waals surface area contributed by atoms with E-state index in [1.54, 1.807) is 14.0 Å². The minimum atomic E-state index is -2.59. The van der Waals surface area contributed by atoms with E-state index < -0.39 is 26.3 Å². The molecule has 0 aliphatic heterocycles. The number of hydrogen-bond donors (Lipinski definition) is 1. The average Bonchev–Trinajstić information content (AvgIpc) is 2.93. The highest BCUT2D eigenvalue weighted by Gasteiger charge is 2.50. The van der Waals surface area contributed by atoms with Gasteiger partial charge in [-0.15, -0.1) is 0 Å². The molecule has 3 rings (SSSR count). The minimum Gasteiger partial charge on any atom is -0.497 e. The molecule has 3 aromatic carbocycles. The van der Waals surface area contributed by atoms with Gasteiger partial charge in [0.2, 0.25) is 0 Å². The highest BCUT2D eigenvalue weighted by Crippen LogP contribution is 2.37. The first-order valence-corrected chi connectivity index (χ1v) is 15.7. The number of methoxy groups -OCH3 is 1. The Labute approximate surface area is 235 Å². The minimum absolute atomic E-state index is 0.0529. The Hall–Kier alpha value is -2.93. The second-order valence-corrected chi connectivity index (χ2v) is 15.7. The quantitative estimate of drug-likeness (QED) is 0.189. The van der Waals surface area contributed by atoms with Crippen LogP contribution in [-0.2, 0) is 20.6 Å². The molecular formula is C33H44O5Si. The molecule has 0 bridgehead atoms. The molecule has 0 saturated heterocycles. The Morgan fingerprint density at radius 1 is 0.872 bits per heavy atom. The van der Waals surface area contributed by atoms with Crippen molar-refractivity contribution in [2.24, 2.45) is 11.8 Å². The fraction of sp³-hybridized carbons (Fsp3) is 0.424. The summed E-state index contributed by atoms with van der Waals surface area (Å²) in [7, 11) is -0.957. The van der Waals surface area contributed by atoms with Crippen molar-refractivity contribution in [2.45, 2.75) is 65.2 Å². The number of hydrogen-bond acceptors (Lipinski definition) is 4. The normalized spacial score (nSPS) is 14.4. The van der Waals surface area contributed by atoms with E-state index in [-0.39, 0.29) is 11.0 Å². The molecule has 0 fully saturated rings. The maximum Gasteiger partial charge on any atom is 0.308 e. The summed E-state index contributed by atoms with van der Waals surface area (Å²) in [6, 6.07) is 28.9. The molecule has 0 heterocycles. The van der Waals surface area contributed by atoms with Crippen molar-refractivity contribution in [3.8, 4) is 5.75 Å². The highest BCUT2D eigenvalue weighted by molar-refractivity contribution is 6.99. The summed E-state index contributed by atoms with van der Waals surface area (Å²) in [5, 5.41) is 12.2. The number of rotatable bonds is 14. The van der Waals surface area contributed by atoms with Gasteiger partial charge in [-0.25, -0.2) is 0 Å². The summed E-state index contributed by atoms with van der Waals surface area (Å²) in [4.78, 5) is 11.9. The molecule has 3 atom stereocenters. The molecule has 3 aromatic rings. The lowest BCUT2D eigenvalue weighted by atomic mass is 9.90. The van der Waals surface area contributed by atoms with Gasteiger partial charge in [0.15, 0.2) is 0 Å². The first kappa shape index (κ1) is 30.6. The zero-order valence-electron chi connectivity index (χ0n) is 24.2. The van der Waals surface area contributed by atoms with Gasteiger partial charge in [0.05, 0.1) is 25.7 Å². The summed E-state index contributed by atoms with van der Waals surface area (Å²) >= 11 is 0. The van der Waals surface area contributed by atoms with Crippen LogP contribution >= 0.6 is 0 Å². The maximum atomic E-state index is 11.9. The SMILES string of the molecule is COc1ccc(CO[C@@H]([C@H](C)CCCO[Si](c2ccccc2)(c2ccccc2)C(C)(C)C)[C@H](C)C(=O)O)cc1. The largest absolute Gasteiger partial charge is 0.497 e. The average molecular weight is 549 g/mol. The number of carboxylic acid groups (broad SMARTS) is 1. The third-order valence-corrected chi connectivity index (χ3v) is 12.6. The number of benzene rings is 3. The number of aliphatic carboxylic acids is 1. The monoisotopic (exact) mass is 548 g/mol. The fourth-order valence-corrected chi connectivity index (χ4v) is 10.0. The predicted octanol–water partition coefficient (Wildman–Crippen LogP) is 6.29. The predicted molar refractivity (Wildman–Crippen MR) is 160 cm³/mol. The van der Waals surface area contributed by atoms with Gasteiger partial charge < -0.3 is 19.0 Å². The summed E-state index contributed by atoms with van der Waals surface area (Å²) in [5.74, 6) is -0.624. The lowest BCUT2D eigenvalue weighted by Crippen LogP contribution is -2.66. The van der Waals surface area contributed by atoms with Gasteiger partial charge in [-0.1, -0.05) is 100 Å². The van der Waals surface area contributed by atoms with Crippen molar-refractivity contribution in [1.82, 2.24) is 0 Å². The highest BCUT2D eigenvalue weighted by atomic mass is 28.4. The van der Waals surface area contributed by atoms with Gasteiger partial charge in [0.1, 0.15) is 5.75 Å². The number of carbonyl (C=O) groups is 1. The van der Waals surface area contributed by atoms with Crippen LogP contribution in [0.2, 0.25) is 5.04 Å². The molecule has 0 radical (unpaired) electrons. The third-order valence-electron chi connectivity index (χ3n) is 7.58. The summed E-state index contributed by atoms with van der Waals surface area (Å²) in [5.41, 5.74) is 0.987. The van der Waals surface area contributed by atoms with Gasteiger partial charge >= 0.3 is 5.97 Å². The molecule has 1 N–H and O–H groups in total. The van der Waals surface area contributed by atoms with E-state index in [0.717, 1.165) is 24.2 Å². The molecule has 0 spiro atoms.